The Balaban J connectivity index is 1.56. The van der Waals surface area contributed by atoms with Crippen LogP contribution >= 0.6 is 11.6 Å². The number of aromatic hydroxyl groups is 1. The molecule has 2 saturated heterocycles. The van der Waals surface area contributed by atoms with Gasteiger partial charge >= 0.3 is 5.63 Å². The largest absolute Gasteiger partial charge is 0.506 e. The SMILES string of the molecule is COCCCN(C[C@@H]1CCCN2CCCC[C@H]12)C(=O)Cc1c(C)c2cc(Cl)c(O)cc2oc1=O. The summed E-state index contributed by atoms with van der Waals surface area (Å²) in [4.78, 5) is 30.8. The summed E-state index contributed by atoms with van der Waals surface area (Å²) in [6.07, 6.45) is 6.76. The van der Waals surface area contributed by atoms with E-state index in [1.165, 1.54) is 31.7 Å². The van der Waals surface area contributed by atoms with Crippen molar-refractivity contribution in [1.82, 2.24) is 9.80 Å². The number of hydrogen-bond donors (Lipinski definition) is 1. The zero-order valence-electron chi connectivity index (χ0n) is 20.1. The maximum Gasteiger partial charge on any atom is 0.340 e. The van der Waals surface area contributed by atoms with Gasteiger partial charge in [0.15, 0.2) is 0 Å². The van der Waals surface area contributed by atoms with E-state index in [9.17, 15) is 14.7 Å². The molecule has 2 aliphatic rings. The molecule has 2 fully saturated rings. The summed E-state index contributed by atoms with van der Waals surface area (Å²) in [6, 6.07) is 3.46. The van der Waals surface area contributed by atoms with E-state index >= 15 is 0 Å². The average molecular weight is 491 g/mol. The number of phenolic OH excluding ortho intramolecular Hbond substituents is 1. The van der Waals surface area contributed by atoms with E-state index in [1.54, 1.807) is 20.1 Å². The highest BCUT2D eigenvalue weighted by atomic mass is 35.5. The summed E-state index contributed by atoms with van der Waals surface area (Å²) < 4.78 is 10.7. The van der Waals surface area contributed by atoms with Crippen molar-refractivity contribution in [2.24, 2.45) is 5.92 Å². The molecule has 2 aliphatic heterocycles. The maximum atomic E-state index is 13.5. The first-order valence-electron chi connectivity index (χ1n) is 12.3. The highest BCUT2D eigenvalue weighted by Gasteiger charge is 2.34. The predicted molar refractivity (Wildman–Crippen MR) is 133 cm³/mol. The van der Waals surface area contributed by atoms with E-state index in [0.717, 1.165) is 25.9 Å². The van der Waals surface area contributed by atoms with Gasteiger partial charge in [0.1, 0.15) is 11.3 Å². The van der Waals surface area contributed by atoms with Crippen LogP contribution in [0.1, 0.15) is 49.7 Å². The summed E-state index contributed by atoms with van der Waals surface area (Å²) in [7, 11) is 1.67. The summed E-state index contributed by atoms with van der Waals surface area (Å²) in [5, 5.41) is 10.7. The molecule has 0 radical (unpaired) electrons. The Bertz CT molecular complexity index is 1080. The third-order valence-electron chi connectivity index (χ3n) is 7.50. The van der Waals surface area contributed by atoms with E-state index in [-0.39, 0.29) is 28.7 Å². The van der Waals surface area contributed by atoms with Crippen molar-refractivity contribution in [1.29, 1.82) is 0 Å². The average Bonchev–Trinajstić information content (AvgIpc) is 2.83. The summed E-state index contributed by atoms with van der Waals surface area (Å²) in [6.45, 7) is 6.02. The molecule has 2 aromatic rings. The topological polar surface area (TPSA) is 83.2 Å². The lowest BCUT2D eigenvalue weighted by molar-refractivity contribution is -0.132. The highest BCUT2D eigenvalue weighted by molar-refractivity contribution is 6.32. The summed E-state index contributed by atoms with van der Waals surface area (Å²) in [5.41, 5.74) is 0.721. The van der Waals surface area contributed by atoms with Gasteiger partial charge in [-0.2, -0.15) is 0 Å². The van der Waals surface area contributed by atoms with Crippen molar-refractivity contribution in [3.05, 3.63) is 38.7 Å². The van der Waals surface area contributed by atoms with Gasteiger partial charge in [-0.1, -0.05) is 18.0 Å². The van der Waals surface area contributed by atoms with Crippen LogP contribution in [0, 0.1) is 12.8 Å². The number of nitrogens with zero attached hydrogens (tertiary/aromatic N) is 2. The lowest BCUT2D eigenvalue weighted by atomic mass is 9.83. The zero-order valence-corrected chi connectivity index (χ0v) is 20.9. The molecule has 0 aliphatic carbocycles. The first-order chi connectivity index (χ1) is 16.4. The van der Waals surface area contributed by atoms with Gasteiger partial charge in [-0.3, -0.25) is 4.79 Å². The molecule has 34 heavy (non-hydrogen) atoms. The standard InChI is InChI=1S/C26H35ClN2O5/c1-17-19-13-21(27)23(30)15-24(19)34-26(32)20(17)14-25(31)29(11-6-12-33-2)16-18-7-5-10-28-9-4-3-8-22(18)28/h13,15,18,22,30H,3-12,14,16H2,1-2H3/t18-,22+/m0/s1. The fourth-order valence-electron chi connectivity index (χ4n) is 5.66. The number of methoxy groups -OCH3 is 1. The molecule has 1 amide bonds. The first kappa shape index (κ1) is 25.0. The van der Waals surface area contributed by atoms with Crippen LogP contribution in [0.3, 0.4) is 0 Å². The molecule has 8 heteroatoms. The normalized spacial score (nSPS) is 20.9. The molecule has 7 nitrogen and oxygen atoms in total. The third-order valence-corrected chi connectivity index (χ3v) is 7.80. The first-order valence-corrected chi connectivity index (χ1v) is 12.7. The van der Waals surface area contributed by atoms with E-state index in [2.05, 4.69) is 4.90 Å². The number of carbonyl (C=O) groups excluding carboxylic acids is 1. The van der Waals surface area contributed by atoms with E-state index in [1.807, 2.05) is 4.90 Å². The molecule has 0 bridgehead atoms. The van der Waals surface area contributed by atoms with Gasteiger partial charge in [-0.15, -0.1) is 0 Å². The Morgan fingerprint density at radius 1 is 1.26 bits per heavy atom. The Morgan fingerprint density at radius 2 is 2.06 bits per heavy atom. The van der Waals surface area contributed by atoms with Gasteiger partial charge in [0, 0.05) is 44.3 Å². The van der Waals surface area contributed by atoms with Gasteiger partial charge in [0.2, 0.25) is 5.91 Å². The molecule has 0 spiro atoms. The predicted octanol–water partition coefficient (Wildman–Crippen LogP) is 4.13. The molecule has 3 heterocycles. The molecule has 1 aromatic carbocycles. The van der Waals surface area contributed by atoms with Crippen LogP contribution in [0.2, 0.25) is 5.02 Å². The van der Waals surface area contributed by atoms with Gasteiger partial charge in [0.25, 0.3) is 0 Å². The van der Waals surface area contributed by atoms with Gasteiger partial charge in [0.05, 0.1) is 17.0 Å². The van der Waals surface area contributed by atoms with Crippen molar-refractivity contribution < 1.29 is 19.1 Å². The number of piperidine rings is 2. The number of phenols is 1. The number of hydrogen-bond acceptors (Lipinski definition) is 6. The second-order valence-electron chi connectivity index (χ2n) is 9.66. The van der Waals surface area contributed by atoms with Crippen LogP contribution in [0.5, 0.6) is 5.75 Å². The Kier molecular flexibility index (Phi) is 8.17. The van der Waals surface area contributed by atoms with Crippen molar-refractivity contribution >= 4 is 28.5 Å². The molecule has 1 N–H and O–H groups in total. The van der Waals surface area contributed by atoms with E-state index < -0.39 is 5.63 Å². The van der Waals surface area contributed by atoms with Crippen molar-refractivity contribution in [3.63, 3.8) is 0 Å². The van der Waals surface area contributed by atoms with E-state index in [4.69, 9.17) is 20.8 Å². The zero-order chi connectivity index (χ0) is 24.2. The van der Waals surface area contributed by atoms with Crippen LogP contribution in [0.15, 0.2) is 21.3 Å². The maximum absolute atomic E-state index is 13.5. The molecular formula is C26H35ClN2O5. The number of aryl methyl sites for hydroxylation is 1. The number of rotatable bonds is 8. The van der Waals surface area contributed by atoms with Gasteiger partial charge in [-0.25, -0.2) is 4.79 Å². The molecule has 4 rings (SSSR count). The molecule has 2 atom stereocenters. The highest BCUT2D eigenvalue weighted by Crippen LogP contribution is 2.33. The molecule has 1 aromatic heterocycles. The second kappa shape index (κ2) is 11.1. The Morgan fingerprint density at radius 3 is 2.85 bits per heavy atom. The Hall–Kier alpha value is -2.09. The fraction of sp³-hybridized carbons (Fsp3) is 0.615. The lowest BCUT2D eigenvalue weighted by Gasteiger charge is -2.45. The number of halogens is 1. The summed E-state index contributed by atoms with van der Waals surface area (Å²) in [5.74, 6) is 0.245. The lowest BCUT2D eigenvalue weighted by Crippen LogP contribution is -2.52. The monoisotopic (exact) mass is 490 g/mol. The quantitative estimate of drug-likeness (QED) is 0.442. The minimum Gasteiger partial charge on any atom is -0.506 e. The van der Waals surface area contributed by atoms with Crippen LogP contribution in [0.25, 0.3) is 11.0 Å². The smallest absolute Gasteiger partial charge is 0.340 e. The second-order valence-corrected chi connectivity index (χ2v) is 10.1. The van der Waals surface area contributed by atoms with Crippen molar-refractivity contribution in [3.8, 4) is 5.75 Å². The van der Waals surface area contributed by atoms with Gasteiger partial charge in [-0.05, 0) is 69.7 Å². The van der Waals surface area contributed by atoms with E-state index in [0.29, 0.717) is 48.2 Å². The number of fused-ring (bicyclic) bond motifs is 2. The fourth-order valence-corrected chi connectivity index (χ4v) is 5.82. The Labute approximate surface area is 205 Å². The molecule has 0 unspecified atom stereocenters. The number of amides is 1. The van der Waals surface area contributed by atoms with Crippen LogP contribution in [-0.4, -0.2) is 66.8 Å². The number of ether oxygens (including phenoxy) is 1. The number of carbonyl (C=O) groups is 1. The van der Waals surface area contributed by atoms with Crippen LogP contribution < -0.4 is 5.63 Å². The molecule has 186 valence electrons. The summed E-state index contributed by atoms with van der Waals surface area (Å²) >= 11 is 6.08. The van der Waals surface area contributed by atoms with Crippen molar-refractivity contribution in [2.45, 2.75) is 57.9 Å². The third kappa shape index (κ3) is 5.42. The number of benzene rings is 1. The van der Waals surface area contributed by atoms with Crippen molar-refractivity contribution in [2.75, 3.05) is 39.9 Å². The van der Waals surface area contributed by atoms with Crippen LogP contribution in [0.4, 0.5) is 0 Å². The minimum absolute atomic E-state index is 0.0172. The molecule has 0 saturated carbocycles. The molecular weight excluding hydrogens is 456 g/mol. The minimum atomic E-state index is -0.548. The van der Waals surface area contributed by atoms with Crippen LogP contribution in [-0.2, 0) is 16.0 Å². The van der Waals surface area contributed by atoms with Gasteiger partial charge < -0.3 is 24.1 Å².